The quantitative estimate of drug-likeness (QED) is 0.123. The van der Waals surface area contributed by atoms with Crippen LogP contribution in [0.4, 0.5) is 4.39 Å². The number of halogens is 1. The first-order chi connectivity index (χ1) is 26.9. The van der Waals surface area contributed by atoms with Gasteiger partial charge in [0.1, 0.15) is 5.58 Å². The Morgan fingerprint density at radius 1 is 0.836 bits per heavy atom. The maximum Gasteiger partial charge on any atom is 0 e. The number of aromatic nitrogens is 4. The summed E-state index contributed by atoms with van der Waals surface area (Å²) in [5.74, 6) is 7.68. The number of para-hydroxylation sites is 2. The van der Waals surface area contributed by atoms with Gasteiger partial charge >= 0.3 is 114 Å². The molecule has 0 bridgehead atoms. The van der Waals surface area contributed by atoms with Crippen molar-refractivity contribution in [3.05, 3.63) is 137 Å². The maximum atomic E-state index is 14.1. The minimum atomic E-state index is -2.33. The van der Waals surface area contributed by atoms with Crippen molar-refractivity contribution in [3.63, 3.8) is 0 Å². The molecule has 283 valence electrons. The number of rotatable bonds is 6. The number of nitrogens with zero attached hydrogens (tertiary/aromatic N) is 4. The van der Waals surface area contributed by atoms with E-state index in [1.807, 2.05) is 31.2 Å². The van der Waals surface area contributed by atoms with Gasteiger partial charge in [0, 0.05) is 36.9 Å². The summed E-state index contributed by atoms with van der Waals surface area (Å²) in [5, 5.41) is 2.18. The molecule has 0 aliphatic heterocycles. The third-order valence-corrected chi connectivity index (χ3v) is 14.1. The Hall–Kier alpha value is -4.43. The number of pyridine rings is 2. The molecule has 0 amide bonds. The molecule has 55 heavy (non-hydrogen) atoms. The van der Waals surface area contributed by atoms with Gasteiger partial charge in [-0.15, -0.1) is 18.2 Å². The van der Waals surface area contributed by atoms with E-state index in [4.69, 9.17) is 18.5 Å². The van der Waals surface area contributed by atoms with Gasteiger partial charge in [0.15, 0.2) is 0 Å². The van der Waals surface area contributed by atoms with Crippen molar-refractivity contribution in [1.82, 2.24) is 19.5 Å². The van der Waals surface area contributed by atoms with Crippen molar-refractivity contribution in [2.75, 3.05) is 0 Å². The fourth-order valence-corrected chi connectivity index (χ4v) is 9.27. The number of imidazole rings is 1. The van der Waals surface area contributed by atoms with Gasteiger partial charge < -0.3 is 8.98 Å². The van der Waals surface area contributed by atoms with E-state index < -0.39 is 25.9 Å². The zero-order valence-corrected chi connectivity index (χ0v) is 37.2. The second kappa shape index (κ2) is 16.0. The average Bonchev–Trinajstić information content (AvgIpc) is 3.73. The number of benzene rings is 4. The molecule has 1 radical (unpaired) electrons. The first-order valence-corrected chi connectivity index (χ1v) is 25.8. The van der Waals surface area contributed by atoms with E-state index in [-0.39, 0.29) is 31.2 Å². The van der Waals surface area contributed by atoms with Crippen molar-refractivity contribution in [2.45, 2.75) is 77.5 Å². The van der Waals surface area contributed by atoms with Gasteiger partial charge in [0.2, 0.25) is 0 Å². The van der Waals surface area contributed by atoms with E-state index in [9.17, 15) is 4.39 Å². The molecule has 4 aromatic carbocycles. The van der Waals surface area contributed by atoms with Gasteiger partial charge in [-0.25, -0.2) is 0 Å². The van der Waals surface area contributed by atoms with Crippen LogP contribution in [-0.2, 0) is 20.1 Å². The fourth-order valence-electron chi connectivity index (χ4n) is 7.10. The van der Waals surface area contributed by atoms with Crippen molar-refractivity contribution in [1.29, 1.82) is 0 Å². The SMILES string of the molecule is Cc1cc2nc(-c3[c-]ccc4c3oc3ccccc34)n(-c3c(C(C)C)cccc3C(C)C)c2c(C)n1.[2H]C([2H])([2H])c1c[c-]c(-c2cc[c]([Ge]([CH3])([CH3])[CH3])cn2)c(F)c1.[Ir]. The second-order valence-electron chi connectivity index (χ2n) is 15.6. The van der Waals surface area contributed by atoms with Gasteiger partial charge in [-0.05, 0) is 48.9 Å². The van der Waals surface area contributed by atoms with Gasteiger partial charge in [-0.1, -0.05) is 75.0 Å². The summed E-state index contributed by atoms with van der Waals surface area (Å²) in [7, 11) is 0. The van der Waals surface area contributed by atoms with E-state index in [0.29, 0.717) is 17.5 Å². The average molecular weight is 971 g/mol. The van der Waals surface area contributed by atoms with Crippen molar-refractivity contribution in [3.8, 4) is 28.3 Å². The van der Waals surface area contributed by atoms with Crippen LogP contribution in [0, 0.1) is 38.6 Å². The molecule has 5 nitrogen and oxygen atoms in total. The second-order valence-corrected chi connectivity index (χ2v) is 26.2. The summed E-state index contributed by atoms with van der Waals surface area (Å²) < 4.78 is 45.9. The topological polar surface area (TPSA) is 56.7 Å². The Morgan fingerprint density at radius 2 is 1.56 bits per heavy atom. The molecule has 0 atom stereocenters. The van der Waals surface area contributed by atoms with Crippen LogP contribution in [-0.4, -0.2) is 32.8 Å². The van der Waals surface area contributed by atoms with Crippen molar-refractivity contribution >= 4 is 50.6 Å². The normalized spacial score (nSPS) is 12.8. The monoisotopic (exact) mass is 972 g/mol. The molecule has 8 aromatic rings. The molecule has 0 aliphatic carbocycles. The van der Waals surface area contributed by atoms with E-state index in [0.717, 1.165) is 61.8 Å². The summed E-state index contributed by atoms with van der Waals surface area (Å²) in [4.78, 5) is 14.4. The first kappa shape index (κ1) is 36.2. The smallest absolute Gasteiger partial charge is 0 e. The predicted octanol–water partition coefficient (Wildman–Crippen LogP) is 12.2. The molecular weight excluding hydrogens is 920 g/mol. The van der Waals surface area contributed by atoms with Crippen LogP contribution < -0.4 is 4.40 Å². The Morgan fingerprint density at radius 3 is 2.20 bits per heavy atom. The fraction of sp³-hybridized carbons (Fsp3) is 0.255. The van der Waals surface area contributed by atoms with Crippen molar-refractivity contribution < 1.29 is 33.0 Å². The molecule has 0 fully saturated rings. The molecule has 8 rings (SSSR count). The third-order valence-electron chi connectivity index (χ3n) is 9.84. The molecule has 0 saturated carbocycles. The van der Waals surface area contributed by atoms with E-state index >= 15 is 0 Å². The van der Waals surface area contributed by atoms with Gasteiger partial charge in [0.25, 0.3) is 0 Å². The summed E-state index contributed by atoms with van der Waals surface area (Å²) in [6.07, 6.45) is 1.79. The Balaban J connectivity index is 0.000000221. The first-order valence-electron chi connectivity index (χ1n) is 19.9. The molecule has 0 saturated heterocycles. The van der Waals surface area contributed by atoms with Crippen LogP contribution >= 0.6 is 0 Å². The Bertz CT molecular complexity index is 2740. The zero-order chi connectivity index (χ0) is 41.0. The van der Waals surface area contributed by atoms with Crippen LogP contribution in [0.3, 0.4) is 0 Å². The van der Waals surface area contributed by atoms with E-state index in [1.165, 1.54) is 27.3 Å². The number of fused-ring (bicyclic) bond motifs is 4. The number of hydrogen-bond acceptors (Lipinski definition) is 4. The largest absolute Gasteiger partial charge is 0 e. The minimum absolute atomic E-state index is 0. The third kappa shape index (κ3) is 7.85. The zero-order valence-electron chi connectivity index (χ0n) is 35.7. The molecule has 0 spiro atoms. The standard InChI is InChI=1S/C32H30N3O.C15H17FGeN.Ir/c1-18(2)22-12-9-13-23(19(3)4)30(22)35-29-21(6)33-20(5)17-27(29)34-32(35)26-15-10-14-25-24-11-7-8-16-28(24)36-31(25)26;1-11-5-7-13(14(16)9-11)15-8-6-12(10-18-15)17(2,3)4;/h7-14,16-19H,1-6H3;5-6,8-10H,1-4H3;/q2*-1;/i;1D3;. The summed E-state index contributed by atoms with van der Waals surface area (Å²) >= 11 is -1.94. The maximum absolute atomic E-state index is 14.1. The molecular formula is C47H47FGeIrN4O-2. The minimum Gasteiger partial charge on any atom is 0 e. The van der Waals surface area contributed by atoms with E-state index in [1.54, 1.807) is 12.3 Å². The molecule has 4 aromatic heterocycles. The molecule has 0 aliphatic rings. The molecule has 0 N–H and O–H groups in total. The Kier molecular flexibility index (Phi) is 10.5. The number of aryl methyl sites for hydroxylation is 3. The molecule has 0 unspecified atom stereocenters. The summed E-state index contributed by atoms with van der Waals surface area (Å²) in [6.45, 7) is 10.8. The predicted molar refractivity (Wildman–Crippen MR) is 224 cm³/mol. The van der Waals surface area contributed by atoms with Gasteiger partial charge in [0.05, 0.1) is 28.1 Å². The number of hydrogen-bond donors (Lipinski definition) is 0. The van der Waals surface area contributed by atoms with Crippen LogP contribution in [0.5, 0.6) is 0 Å². The van der Waals surface area contributed by atoms with Gasteiger partial charge in [-0.2, -0.15) is 0 Å². The Labute approximate surface area is 344 Å². The number of furan rings is 1. The summed E-state index contributed by atoms with van der Waals surface area (Å²) in [5.41, 5.74) is 10.8. The van der Waals surface area contributed by atoms with Crippen LogP contribution in [0.15, 0.2) is 95.5 Å². The van der Waals surface area contributed by atoms with Crippen LogP contribution in [0.2, 0.25) is 17.3 Å². The molecule has 8 heteroatoms. The van der Waals surface area contributed by atoms with Crippen molar-refractivity contribution in [2.24, 2.45) is 0 Å². The van der Waals surface area contributed by atoms with Gasteiger partial charge in [-0.3, -0.25) is 9.97 Å². The summed E-state index contributed by atoms with van der Waals surface area (Å²) in [6, 6.07) is 33.3. The van der Waals surface area contributed by atoms with Crippen LogP contribution in [0.25, 0.3) is 61.3 Å². The van der Waals surface area contributed by atoms with Crippen LogP contribution in [0.1, 0.15) is 71.7 Å². The van der Waals surface area contributed by atoms with E-state index in [2.05, 4.69) is 116 Å². The molecule has 4 heterocycles.